The molecule has 0 spiro atoms. The maximum absolute atomic E-state index is 14.0. The van der Waals surface area contributed by atoms with Crippen LogP contribution in [0, 0.1) is 17.1 Å². The van der Waals surface area contributed by atoms with Crippen LogP contribution in [0.4, 0.5) is 4.39 Å². The van der Waals surface area contributed by atoms with Crippen LogP contribution in [-0.2, 0) is 0 Å². The summed E-state index contributed by atoms with van der Waals surface area (Å²) >= 11 is 0. The number of benzene rings is 9. The van der Waals surface area contributed by atoms with E-state index in [0.717, 1.165) is 43.8 Å². The second kappa shape index (κ2) is 10.00. The van der Waals surface area contributed by atoms with Gasteiger partial charge in [0.15, 0.2) is 0 Å². The molecule has 0 atom stereocenters. The second-order valence-electron chi connectivity index (χ2n) is 12.5. The van der Waals surface area contributed by atoms with Crippen LogP contribution < -0.4 is 0 Å². The lowest BCUT2D eigenvalue weighted by molar-refractivity contribution is 0.627. The van der Waals surface area contributed by atoms with Crippen molar-refractivity contribution in [3.63, 3.8) is 0 Å². The average molecular weight is 613 g/mol. The van der Waals surface area contributed by atoms with Gasteiger partial charge >= 0.3 is 0 Å². The van der Waals surface area contributed by atoms with E-state index >= 15 is 0 Å². The van der Waals surface area contributed by atoms with Crippen molar-refractivity contribution in [2.75, 3.05) is 0 Å². The summed E-state index contributed by atoms with van der Waals surface area (Å²) in [6, 6.07) is 54.4. The lowest BCUT2D eigenvalue weighted by atomic mass is 9.83. The van der Waals surface area contributed by atoms with E-state index in [1.165, 1.54) is 61.1 Å². The molecule has 0 aliphatic carbocycles. The highest BCUT2D eigenvalue weighted by atomic mass is 19.1. The van der Waals surface area contributed by atoms with Gasteiger partial charge in [-0.05, 0) is 102 Å². The first kappa shape index (κ1) is 26.7. The van der Waals surface area contributed by atoms with Crippen molar-refractivity contribution in [1.82, 2.24) is 4.57 Å². The van der Waals surface area contributed by atoms with E-state index < -0.39 is 0 Å². The van der Waals surface area contributed by atoms with Gasteiger partial charge in [0.1, 0.15) is 5.82 Å². The number of fused-ring (bicyclic) bond motifs is 3. The average Bonchev–Trinajstić information content (AvgIpc) is 3.48. The normalized spacial score (nSPS) is 11.8. The number of rotatable bonds is 3. The molecule has 0 N–H and O–H groups in total. The molecule has 10 aromatic rings. The van der Waals surface area contributed by atoms with E-state index in [4.69, 9.17) is 0 Å². The molecule has 0 radical (unpaired) electrons. The molecule has 0 saturated heterocycles. The van der Waals surface area contributed by atoms with Crippen LogP contribution in [0.2, 0.25) is 0 Å². The summed E-state index contributed by atoms with van der Waals surface area (Å²) in [6.07, 6.45) is 0. The summed E-state index contributed by atoms with van der Waals surface area (Å²) in [4.78, 5) is 0. The highest BCUT2D eigenvalue weighted by Gasteiger charge is 2.23. The van der Waals surface area contributed by atoms with Crippen LogP contribution in [-0.4, -0.2) is 4.57 Å². The maximum atomic E-state index is 14.0. The van der Waals surface area contributed by atoms with Gasteiger partial charge in [-0.15, -0.1) is 0 Å². The van der Waals surface area contributed by atoms with E-state index in [2.05, 4.69) is 126 Å². The Bertz CT molecular complexity index is 2900. The second-order valence-corrected chi connectivity index (χ2v) is 12.5. The Morgan fingerprint density at radius 3 is 1.60 bits per heavy atom. The van der Waals surface area contributed by atoms with Crippen molar-refractivity contribution in [1.29, 1.82) is 5.26 Å². The topological polar surface area (TPSA) is 28.7 Å². The molecule has 9 aromatic carbocycles. The Balaban J connectivity index is 1.36. The van der Waals surface area contributed by atoms with Crippen LogP contribution in [0.1, 0.15) is 5.56 Å². The molecule has 0 aliphatic heterocycles. The molecule has 2 nitrogen and oxygen atoms in total. The van der Waals surface area contributed by atoms with E-state index in [-0.39, 0.29) is 5.82 Å². The lowest BCUT2D eigenvalue weighted by Gasteiger charge is -2.20. The largest absolute Gasteiger partial charge is 0.309 e. The number of aromatic nitrogens is 1. The fourth-order valence-electron chi connectivity index (χ4n) is 8.09. The minimum atomic E-state index is -0.272. The monoisotopic (exact) mass is 612 g/mol. The summed E-state index contributed by atoms with van der Waals surface area (Å²) in [5.74, 6) is -0.272. The molecule has 0 saturated carbocycles. The van der Waals surface area contributed by atoms with Gasteiger partial charge in [-0.2, -0.15) is 5.26 Å². The fourth-order valence-corrected chi connectivity index (χ4v) is 8.09. The van der Waals surface area contributed by atoms with Crippen molar-refractivity contribution < 1.29 is 4.39 Å². The summed E-state index contributed by atoms with van der Waals surface area (Å²) in [5.41, 5.74) is 8.33. The highest BCUT2D eigenvalue weighted by Crippen LogP contribution is 2.49. The zero-order chi connectivity index (χ0) is 31.9. The van der Waals surface area contributed by atoms with Gasteiger partial charge in [0, 0.05) is 21.8 Å². The third-order valence-electron chi connectivity index (χ3n) is 10.1. The molecule has 0 unspecified atom stereocenters. The SMILES string of the molecule is N#Cc1ccc2c3c1ccc1c(-c4c5ccccc5c(-c5cccc6ccccc56)c5ccccc45)ccc(c13)n2-c1ccc(F)cc1. The first-order chi connectivity index (χ1) is 23.7. The fraction of sp³-hybridized carbons (Fsp3) is 0. The predicted molar refractivity (Wildman–Crippen MR) is 198 cm³/mol. The summed E-state index contributed by atoms with van der Waals surface area (Å²) in [7, 11) is 0. The first-order valence-electron chi connectivity index (χ1n) is 16.1. The Labute approximate surface area is 275 Å². The quantitative estimate of drug-likeness (QED) is 0.144. The molecule has 0 aliphatic rings. The van der Waals surface area contributed by atoms with Crippen LogP contribution >= 0.6 is 0 Å². The predicted octanol–water partition coefficient (Wildman–Crippen LogP) is 12.2. The Hall–Kier alpha value is -6.50. The van der Waals surface area contributed by atoms with Crippen LogP contribution in [0.15, 0.2) is 152 Å². The molecule has 222 valence electrons. The third-order valence-corrected chi connectivity index (χ3v) is 10.1. The zero-order valence-corrected chi connectivity index (χ0v) is 25.7. The van der Waals surface area contributed by atoms with Gasteiger partial charge in [-0.3, -0.25) is 0 Å². The Morgan fingerprint density at radius 2 is 0.958 bits per heavy atom. The van der Waals surface area contributed by atoms with Gasteiger partial charge < -0.3 is 4.57 Å². The first-order valence-corrected chi connectivity index (χ1v) is 16.1. The molecule has 1 aromatic heterocycles. The summed E-state index contributed by atoms with van der Waals surface area (Å²) in [5, 5.41) is 21.5. The molecule has 3 heteroatoms. The smallest absolute Gasteiger partial charge is 0.123 e. The van der Waals surface area contributed by atoms with Gasteiger partial charge in [0.25, 0.3) is 0 Å². The number of halogens is 1. The van der Waals surface area contributed by atoms with Crippen molar-refractivity contribution >= 4 is 64.9 Å². The van der Waals surface area contributed by atoms with Gasteiger partial charge in [0.2, 0.25) is 0 Å². The lowest BCUT2D eigenvalue weighted by Crippen LogP contribution is -1.94. The van der Waals surface area contributed by atoms with Crippen molar-refractivity contribution in [3.8, 4) is 34.0 Å². The minimum Gasteiger partial charge on any atom is -0.309 e. The highest BCUT2D eigenvalue weighted by molar-refractivity contribution is 6.31. The molecule has 0 fully saturated rings. The number of hydrogen-bond acceptors (Lipinski definition) is 1. The number of nitrogens with zero attached hydrogens (tertiary/aromatic N) is 2. The van der Waals surface area contributed by atoms with Crippen LogP contribution in [0.3, 0.4) is 0 Å². The van der Waals surface area contributed by atoms with E-state index in [1.54, 1.807) is 0 Å². The van der Waals surface area contributed by atoms with E-state index in [9.17, 15) is 9.65 Å². The molecular weight excluding hydrogens is 588 g/mol. The van der Waals surface area contributed by atoms with Crippen molar-refractivity contribution in [2.24, 2.45) is 0 Å². The van der Waals surface area contributed by atoms with Gasteiger partial charge in [-0.1, -0.05) is 109 Å². The van der Waals surface area contributed by atoms with Crippen LogP contribution in [0.5, 0.6) is 0 Å². The number of nitriles is 1. The Morgan fingerprint density at radius 1 is 0.438 bits per heavy atom. The maximum Gasteiger partial charge on any atom is 0.123 e. The van der Waals surface area contributed by atoms with Crippen LogP contribution in [0.25, 0.3) is 92.8 Å². The molecular formula is C45H25FN2. The molecule has 1 heterocycles. The van der Waals surface area contributed by atoms with E-state index in [0.29, 0.717) is 5.56 Å². The zero-order valence-electron chi connectivity index (χ0n) is 25.7. The molecule has 0 bridgehead atoms. The molecule has 10 rings (SSSR count). The number of hydrogen-bond donors (Lipinski definition) is 0. The minimum absolute atomic E-state index is 0.272. The van der Waals surface area contributed by atoms with Gasteiger partial charge in [-0.25, -0.2) is 4.39 Å². The molecule has 48 heavy (non-hydrogen) atoms. The van der Waals surface area contributed by atoms with Crippen molar-refractivity contribution in [3.05, 3.63) is 163 Å². The van der Waals surface area contributed by atoms with Gasteiger partial charge in [0.05, 0.1) is 22.7 Å². The summed E-state index contributed by atoms with van der Waals surface area (Å²) < 4.78 is 16.2. The third kappa shape index (κ3) is 3.60. The van der Waals surface area contributed by atoms with Crippen molar-refractivity contribution in [2.45, 2.75) is 0 Å². The molecule has 0 amide bonds. The van der Waals surface area contributed by atoms with E-state index in [1.807, 2.05) is 24.3 Å². The Kier molecular flexibility index (Phi) is 5.56. The summed E-state index contributed by atoms with van der Waals surface area (Å²) in [6.45, 7) is 0. The standard InChI is InChI=1S/C45H25FN2/c46-29-17-19-30(20-18-29)48-40-24-16-28(26-47)32-21-22-39-38(23-25-41(48)45(39)44(32)40)43-36-13-5-3-11-34(36)42(35-12-4-6-14-37(35)43)33-15-7-9-27-8-1-2-10-31(27)33/h1-25H.